The third-order valence-corrected chi connectivity index (χ3v) is 6.13. The van der Waals surface area contributed by atoms with Crippen LogP contribution < -0.4 is 5.32 Å². The minimum absolute atomic E-state index is 0.0426. The number of hydrogen-bond donors (Lipinski definition) is 1. The average Bonchev–Trinajstić information content (AvgIpc) is 2.94. The Morgan fingerprint density at radius 1 is 0.903 bits per heavy atom. The number of nitrogens with zero attached hydrogens (tertiary/aromatic N) is 2. The molecule has 1 aliphatic rings. The highest BCUT2D eigenvalue weighted by molar-refractivity contribution is 9.10. The second-order valence-electron chi connectivity index (χ2n) is 7.77. The van der Waals surface area contributed by atoms with Crippen LogP contribution in [0.1, 0.15) is 36.0 Å². The van der Waals surface area contributed by atoms with E-state index >= 15 is 0 Å². The van der Waals surface area contributed by atoms with E-state index in [0.717, 1.165) is 48.8 Å². The highest BCUT2D eigenvalue weighted by Gasteiger charge is 2.23. The summed E-state index contributed by atoms with van der Waals surface area (Å²) in [5.74, 6) is -1.29. The summed E-state index contributed by atoms with van der Waals surface area (Å²) in [7, 11) is 0. The van der Waals surface area contributed by atoms with Crippen LogP contribution in [-0.4, -0.2) is 40.2 Å². The van der Waals surface area contributed by atoms with Crippen molar-refractivity contribution in [1.82, 2.24) is 9.47 Å². The molecule has 3 aromatic rings. The van der Waals surface area contributed by atoms with E-state index in [0.29, 0.717) is 16.6 Å². The largest absolute Gasteiger partial charge is 0.341 e. The molecule has 1 aliphatic heterocycles. The number of likely N-dealkylation sites (tertiary alicyclic amines) is 1. The Kier molecular flexibility index (Phi) is 6.51. The number of carbonyl (C=O) groups excluding carboxylic acids is 3. The molecule has 1 saturated heterocycles. The summed E-state index contributed by atoms with van der Waals surface area (Å²) >= 11 is 3.35. The van der Waals surface area contributed by atoms with Crippen LogP contribution in [0.3, 0.4) is 0 Å². The number of Topliss-reactive ketones (excluding diaryl/α,β-unsaturated/α-hetero) is 1. The van der Waals surface area contributed by atoms with Crippen LogP contribution >= 0.6 is 15.9 Å². The van der Waals surface area contributed by atoms with Crippen LogP contribution in [0, 0.1) is 0 Å². The van der Waals surface area contributed by atoms with Gasteiger partial charge in [0.15, 0.2) is 0 Å². The van der Waals surface area contributed by atoms with E-state index < -0.39 is 11.7 Å². The number of aromatic nitrogens is 1. The number of para-hydroxylation sites is 1. The fraction of sp³-hybridized carbons (Fsp3) is 0.292. The smallest absolute Gasteiger partial charge is 0.296 e. The van der Waals surface area contributed by atoms with E-state index in [4.69, 9.17) is 0 Å². The molecule has 7 heteroatoms. The van der Waals surface area contributed by atoms with Crippen molar-refractivity contribution in [2.75, 3.05) is 18.4 Å². The summed E-state index contributed by atoms with van der Waals surface area (Å²) in [6, 6.07) is 14.4. The van der Waals surface area contributed by atoms with Gasteiger partial charge in [0, 0.05) is 40.3 Å². The zero-order valence-corrected chi connectivity index (χ0v) is 18.7. The van der Waals surface area contributed by atoms with Crippen LogP contribution in [-0.2, 0) is 16.1 Å². The van der Waals surface area contributed by atoms with Crippen LogP contribution in [0.25, 0.3) is 10.9 Å². The van der Waals surface area contributed by atoms with Gasteiger partial charge in [0.1, 0.15) is 6.54 Å². The maximum Gasteiger partial charge on any atom is 0.296 e. The fourth-order valence-corrected chi connectivity index (χ4v) is 4.23. The van der Waals surface area contributed by atoms with Crippen molar-refractivity contribution in [3.8, 4) is 0 Å². The lowest BCUT2D eigenvalue weighted by atomic mass is 10.1. The number of benzene rings is 2. The quantitative estimate of drug-likeness (QED) is 0.426. The molecule has 6 nitrogen and oxygen atoms in total. The van der Waals surface area contributed by atoms with Crippen molar-refractivity contribution in [1.29, 1.82) is 0 Å². The van der Waals surface area contributed by atoms with Crippen LogP contribution in [0.5, 0.6) is 0 Å². The monoisotopic (exact) mass is 481 g/mol. The minimum Gasteiger partial charge on any atom is -0.341 e. The van der Waals surface area contributed by atoms with Crippen molar-refractivity contribution in [2.45, 2.75) is 32.2 Å². The first-order valence-corrected chi connectivity index (χ1v) is 11.3. The molecule has 1 fully saturated rings. The van der Waals surface area contributed by atoms with E-state index in [-0.39, 0.29) is 12.5 Å². The summed E-state index contributed by atoms with van der Waals surface area (Å²) in [5, 5.41) is 3.32. The topological polar surface area (TPSA) is 71.4 Å². The highest BCUT2D eigenvalue weighted by atomic mass is 79.9. The number of anilines is 1. The number of carbonyl (C=O) groups is 3. The number of amides is 2. The van der Waals surface area contributed by atoms with Gasteiger partial charge in [-0.2, -0.15) is 0 Å². The van der Waals surface area contributed by atoms with E-state index in [1.807, 2.05) is 29.2 Å². The number of nitrogens with one attached hydrogen (secondary N) is 1. The molecule has 4 rings (SSSR count). The lowest BCUT2D eigenvalue weighted by Gasteiger charge is -2.20. The van der Waals surface area contributed by atoms with Crippen molar-refractivity contribution >= 4 is 50.1 Å². The Labute approximate surface area is 189 Å². The van der Waals surface area contributed by atoms with Crippen molar-refractivity contribution < 1.29 is 14.4 Å². The first kappa shape index (κ1) is 21.3. The van der Waals surface area contributed by atoms with Crippen LogP contribution in [0.15, 0.2) is 59.2 Å². The number of rotatable bonds is 5. The van der Waals surface area contributed by atoms with Gasteiger partial charge >= 0.3 is 0 Å². The van der Waals surface area contributed by atoms with Crippen LogP contribution in [0.2, 0.25) is 0 Å². The number of halogens is 1. The van der Waals surface area contributed by atoms with Gasteiger partial charge in [-0.05, 0) is 43.2 Å². The Morgan fingerprint density at radius 3 is 2.29 bits per heavy atom. The average molecular weight is 482 g/mol. The normalized spacial score (nSPS) is 14.3. The summed E-state index contributed by atoms with van der Waals surface area (Å²) in [5.41, 5.74) is 1.61. The van der Waals surface area contributed by atoms with Gasteiger partial charge in [-0.25, -0.2) is 0 Å². The molecular formula is C24H24BrN3O3. The molecule has 1 N–H and O–H groups in total. The van der Waals surface area contributed by atoms with E-state index in [1.54, 1.807) is 35.0 Å². The first-order chi connectivity index (χ1) is 15.0. The number of fused-ring (bicyclic) bond motifs is 1. The Balaban J connectivity index is 1.57. The van der Waals surface area contributed by atoms with Gasteiger partial charge in [0.05, 0.1) is 5.56 Å². The summed E-state index contributed by atoms with van der Waals surface area (Å²) in [4.78, 5) is 40.3. The molecule has 0 unspecified atom stereocenters. The second kappa shape index (κ2) is 9.47. The van der Waals surface area contributed by atoms with Gasteiger partial charge < -0.3 is 14.8 Å². The molecule has 0 spiro atoms. The van der Waals surface area contributed by atoms with Gasteiger partial charge in [0.25, 0.3) is 11.7 Å². The van der Waals surface area contributed by atoms with E-state index in [9.17, 15) is 14.4 Å². The molecular weight excluding hydrogens is 458 g/mol. The summed E-state index contributed by atoms with van der Waals surface area (Å²) in [6.07, 6.45) is 5.99. The Morgan fingerprint density at radius 2 is 1.58 bits per heavy atom. The van der Waals surface area contributed by atoms with Crippen molar-refractivity contribution in [3.63, 3.8) is 0 Å². The van der Waals surface area contributed by atoms with Crippen molar-refractivity contribution in [3.05, 3.63) is 64.8 Å². The van der Waals surface area contributed by atoms with Crippen molar-refractivity contribution in [2.24, 2.45) is 0 Å². The van der Waals surface area contributed by atoms with E-state index in [2.05, 4.69) is 21.2 Å². The molecule has 160 valence electrons. The van der Waals surface area contributed by atoms with Crippen LogP contribution in [0.4, 0.5) is 5.69 Å². The zero-order chi connectivity index (χ0) is 21.8. The molecule has 0 bridgehead atoms. The van der Waals surface area contributed by atoms with Gasteiger partial charge in [-0.3, -0.25) is 14.4 Å². The fourth-order valence-electron chi connectivity index (χ4n) is 3.97. The molecule has 1 aromatic heterocycles. The molecule has 0 atom stereocenters. The molecule has 2 heterocycles. The molecule has 0 aliphatic carbocycles. The molecule has 0 radical (unpaired) electrons. The predicted octanol–water partition coefficient (Wildman–Crippen LogP) is 4.63. The van der Waals surface area contributed by atoms with Gasteiger partial charge in [0.2, 0.25) is 5.91 Å². The standard InChI is InChI=1S/C24H24BrN3O3/c25-17-9-11-18(12-10-17)26-24(31)23(30)20-15-28(21-8-4-3-7-19(20)21)16-22(29)27-13-5-1-2-6-14-27/h3-4,7-12,15H,1-2,5-6,13-14,16H2,(H,26,31). The number of hydrogen-bond acceptors (Lipinski definition) is 3. The predicted molar refractivity (Wildman–Crippen MR) is 124 cm³/mol. The van der Waals surface area contributed by atoms with E-state index in [1.165, 1.54) is 0 Å². The highest BCUT2D eigenvalue weighted by Crippen LogP contribution is 2.23. The maximum atomic E-state index is 12.9. The summed E-state index contributed by atoms with van der Waals surface area (Å²) < 4.78 is 2.66. The lowest BCUT2D eigenvalue weighted by molar-refractivity contribution is -0.131. The zero-order valence-electron chi connectivity index (χ0n) is 17.1. The SMILES string of the molecule is O=C(Nc1ccc(Br)cc1)C(=O)c1cn(CC(=O)N2CCCCCC2)c2ccccc12. The molecule has 31 heavy (non-hydrogen) atoms. The number of ketones is 1. The third kappa shape index (κ3) is 4.88. The maximum absolute atomic E-state index is 12.9. The van der Waals surface area contributed by atoms with Gasteiger partial charge in [-0.15, -0.1) is 0 Å². The molecule has 0 saturated carbocycles. The molecule has 2 amide bonds. The summed E-state index contributed by atoms with van der Waals surface area (Å²) in [6.45, 7) is 1.71. The lowest BCUT2D eigenvalue weighted by Crippen LogP contribution is -2.34. The second-order valence-corrected chi connectivity index (χ2v) is 8.69. The molecule has 2 aromatic carbocycles. The Hall–Kier alpha value is -2.93. The first-order valence-electron chi connectivity index (χ1n) is 10.5. The van der Waals surface area contributed by atoms with Gasteiger partial charge in [-0.1, -0.05) is 47.0 Å². The Bertz CT molecular complexity index is 1110. The third-order valence-electron chi connectivity index (χ3n) is 5.61. The minimum atomic E-state index is -0.705.